The summed E-state index contributed by atoms with van der Waals surface area (Å²) in [5, 5.41) is 12.3. The first-order valence-electron chi connectivity index (χ1n) is 5.71. The number of aliphatic hydroxyl groups excluding tert-OH is 1. The minimum absolute atomic E-state index is 0.0284. The van der Waals surface area contributed by atoms with Crippen LogP contribution in [0.4, 0.5) is 0 Å². The molecule has 7 heteroatoms. The molecular formula is C13H12N2O4S. The summed E-state index contributed by atoms with van der Waals surface area (Å²) in [5.74, 6) is 5.04. The van der Waals surface area contributed by atoms with Gasteiger partial charge in [0, 0.05) is 11.6 Å². The van der Waals surface area contributed by atoms with Crippen molar-refractivity contribution in [3.63, 3.8) is 0 Å². The third kappa shape index (κ3) is 3.45. The van der Waals surface area contributed by atoms with Crippen molar-refractivity contribution in [2.75, 3.05) is 6.61 Å². The quantitative estimate of drug-likeness (QED) is 0.800. The van der Waals surface area contributed by atoms with E-state index in [0.717, 1.165) is 0 Å². The smallest absolute Gasteiger partial charge is 0.242 e. The maximum atomic E-state index is 12.2. The highest BCUT2D eigenvalue weighted by Crippen LogP contribution is 2.14. The molecule has 0 aliphatic carbocycles. The number of benzene rings is 1. The number of nitrogens with zero attached hydrogens (tertiary/aromatic N) is 1. The van der Waals surface area contributed by atoms with Gasteiger partial charge in [0.15, 0.2) is 0 Å². The number of rotatable bonds is 4. The number of aromatic nitrogens is 1. The second-order valence-electron chi connectivity index (χ2n) is 3.77. The van der Waals surface area contributed by atoms with E-state index in [-0.39, 0.29) is 18.0 Å². The van der Waals surface area contributed by atoms with E-state index >= 15 is 0 Å². The van der Waals surface area contributed by atoms with Gasteiger partial charge in [-0.25, -0.2) is 13.1 Å². The largest absolute Gasteiger partial charge is 0.384 e. The van der Waals surface area contributed by atoms with Crippen LogP contribution in [0.1, 0.15) is 11.3 Å². The molecule has 0 bridgehead atoms. The minimum Gasteiger partial charge on any atom is -0.384 e. The molecule has 0 radical (unpaired) electrons. The van der Waals surface area contributed by atoms with Gasteiger partial charge in [-0.15, -0.1) is 0 Å². The molecular weight excluding hydrogens is 280 g/mol. The molecule has 6 nitrogen and oxygen atoms in total. The first kappa shape index (κ1) is 14.3. The van der Waals surface area contributed by atoms with Crippen LogP contribution in [0.3, 0.4) is 0 Å². The highest BCUT2D eigenvalue weighted by molar-refractivity contribution is 7.89. The lowest BCUT2D eigenvalue weighted by atomic mass is 10.2. The lowest BCUT2D eigenvalue weighted by molar-refractivity contribution is 0.350. The molecule has 1 aromatic heterocycles. The predicted octanol–water partition coefficient (Wildman–Crippen LogP) is 0.497. The Balaban J connectivity index is 2.25. The Bertz CT molecular complexity index is 727. The first-order chi connectivity index (χ1) is 9.63. The summed E-state index contributed by atoms with van der Waals surface area (Å²) in [5.41, 5.74) is 0.807. The second kappa shape index (κ2) is 6.34. The summed E-state index contributed by atoms with van der Waals surface area (Å²) >= 11 is 0. The average molecular weight is 292 g/mol. The number of hydrogen-bond acceptors (Lipinski definition) is 5. The second-order valence-corrected chi connectivity index (χ2v) is 5.51. The van der Waals surface area contributed by atoms with Gasteiger partial charge in [0.1, 0.15) is 12.9 Å². The van der Waals surface area contributed by atoms with Crippen molar-refractivity contribution in [3.8, 4) is 11.8 Å². The Morgan fingerprint density at radius 3 is 2.80 bits per heavy atom. The zero-order valence-electron chi connectivity index (χ0n) is 10.4. The zero-order chi connectivity index (χ0) is 14.4. The van der Waals surface area contributed by atoms with Crippen molar-refractivity contribution in [2.45, 2.75) is 11.4 Å². The van der Waals surface area contributed by atoms with Crippen molar-refractivity contribution >= 4 is 10.0 Å². The summed E-state index contributed by atoms with van der Waals surface area (Å²) in [7, 11) is -3.71. The van der Waals surface area contributed by atoms with Crippen LogP contribution in [-0.4, -0.2) is 25.3 Å². The molecule has 0 saturated heterocycles. The Labute approximate surface area is 116 Å². The molecule has 0 spiro atoms. The minimum atomic E-state index is -3.71. The Kier molecular flexibility index (Phi) is 4.53. The van der Waals surface area contributed by atoms with Crippen LogP contribution in [0.15, 0.2) is 46.0 Å². The summed E-state index contributed by atoms with van der Waals surface area (Å²) in [6.07, 6.45) is 1.37. The average Bonchev–Trinajstić information content (AvgIpc) is 2.97. The molecule has 20 heavy (non-hydrogen) atoms. The molecule has 0 amide bonds. The number of hydrogen-bond donors (Lipinski definition) is 2. The van der Waals surface area contributed by atoms with Gasteiger partial charge in [-0.3, -0.25) is 0 Å². The van der Waals surface area contributed by atoms with Crippen LogP contribution in [0.5, 0.6) is 0 Å². The van der Waals surface area contributed by atoms with Gasteiger partial charge < -0.3 is 9.63 Å². The van der Waals surface area contributed by atoms with Crippen LogP contribution in [0.25, 0.3) is 0 Å². The molecule has 0 aliphatic heterocycles. The van der Waals surface area contributed by atoms with Crippen molar-refractivity contribution in [3.05, 3.63) is 47.9 Å². The van der Waals surface area contributed by atoms with Gasteiger partial charge >= 0.3 is 0 Å². The summed E-state index contributed by atoms with van der Waals surface area (Å²) in [6, 6.07) is 7.88. The maximum absolute atomic E-state index is 12.2. The van der Waals surface area contributed by atoms with E-state index in [1.165, 1.54) is 12.3 Å². The molecule has 1 aromatic carbocycles. The Morgan fingerprint density at radius 2 is 2.10 bits per heavy atom. The van der Waals surface area contributed by atoms with Gasteiger partial charge in [0.05, 0.1) is 17.1 Å². The molecule has 0 unspecified atom stereocenters. The molecule has 0 saturated carbocycles. The van der Waals surface area contributed by atoms with Gasteiger partial charge in [0.2, 0.25) is 10.0 Å². The molecule has 2 rings (SSSR count). The van der Waals surface area contributed by atoms with E-state index in [0.29, 0.717) is 11.3 Å². The third-order valence-corrected chi connectivity index (χ3v) is 3.87. The molecule has 0 atom stereocenters. The van der Waals surface area contributed by atoms with Gasteiger partial charge in [0.25, 0.3) is 0 Å². The van der Waals surface area contributed by atoms with E-state index in [9.17, 15) is 8.42 Å². The lowest BCUT2D eigenvalue weighted by Gasteiger charge is -2.07. The Morgan fingerprint density at radius 1 is 1.30 bits per heavy atom. The van der Waals surface area contributed by atoms with Crippen LogP contribution in [0.2, 0.25) is 0 Å². The highest BCUT2D eigenvalue weighted by Gasteiger charge is 2.17. The van der Waals surface area contributed by atoms with Crippen LogP contribution < -0.4 is 4.72 Å². The summed E-state index contributed by atoms with van der Waals surface area (Å²) in [6.45, 7) is -0.304. The van der Waals surface area contributed by atoms with E-state index in [2.05, 4.69) is 26.2 Å². The van der Waals surface area contributed by atoms with E-state index in [1.807, 2.05) is 0 Å². The van der Waals surface area contributed by atoms with Gasteiger partial charge in [-0.05, 0) is 12.1 Å². The first-order valence-corrected chi connectivity index (χ1v) is 7.19. The molecule has 0 aliphatic rings. The SMILES string of the molecule is O=S(=O)(NCc1ccon1)c1ccccc1C#CCO. The molecule has 0 fully saturated rings. The van der Waals surface area contributed by atoms with Gasteiger partial charge in [-0.2, -0.15) is 0 Å². The molecule has 104 valence electrons. The highest BCUT2D eigenvalue weighted by atomic mass is 32.2. The van der Waals surface area contributed by atoms with Crippen molar-refractivity contribution in [1.29, 1.82) is 0 Å². The fourth-order valence-corrected chi connectivity index (χ4v) is 2.67. The maximum Gasteiger partial charge on any atom is 0.242 e. The topological polar surface area (TPSA) is 92.4 Å². The Hall–Kier alpha value is -2.14. The van der Waals surface area contributed by atoms with Crippen LogP contribution in [-0.2, 0) is 16.6 Å². The number of nitrogens with one attached hydrogen (secondary N) is 1. The molecule has 2 aromatic rings. The lowest BCUT2D eigenvalue weighted by Crippen LogP contribution is -2.24. The van der Waals surface area contributed by atoms with Crippen LogP contribution in [0, 0.1) is 11.8 Å². The molecule has 1 heterocycles. The van der Waals surface area contributed by atoms with E-state index in [1.54, 1.807) is 24.3 Å². The fraction of sp³-hybridized carbons (Fsp3) is 0.154. The third-order valence-electron chi connectivity index (χ3n) is 2.41. The van der Waals surface area contributed by atoms with E-state index in [4.69, 9.17) is 5.11 Å². The summed E-state index contributed by atoms with van der Waals surface area (Å²) in [4.78, 5) is 0.0597. The fourth-order valence-electron chi connectivity index (χ4n) is 1.51. The number of sulfonamides is 1. The normalized spacial score (nSPS) is 10.8. The van der Waals surface area contributed by atoms with Crippen molar-refractivity contribution in [2.24, 2.45) is 0 Å². The molecule has 2 N–H and O–H groups in total. The van der Waals surface area contributed by atoms with Crippen molar-refractivity contribution < 1.29 is 18.0 Å². The summed E-state index contributed by atoms with van der Waals surface area (Å²) < 4.78 is 31.5. The van der Waals surface area contributed by atoms with Crippen molar-refractivity contribution in [1.82, 2.24) is 9.88 Å². The monoisotopic (exact) mass is 292 g/mol. The zero-order valence-corrected chi connectivity index (χ0v) is 11.2. The number of aliphatic hydroxyl groups is 1. The predicted molar refractivity (Wildman–Crippen MR) is 70.9 cm³/mol. The van der Waals surface area contributed by atoms with Gasteiger partial charge in [-0.1, -0.05) is 29.1 Å². The van der Waals surface area contributed by atoms with Crippen LogP contribution >= 0.6 is 0 Å². The standard InChI is InChI=1S/C13H12N2O4S/c16-8-3-5-11-4-1-2-6-13(11)20(17,18)14-10-12-7-9-19-15-12/h1-2,4,6-7,9,14,16H,8,10H2. The van der Waals surface area contributed by atoms with E-state index < -0.39 is 10.0 Å².